The van der Waals surface area contributed by atoms with Crippen LogP contribution in [0.5, 0.6) is 5.75 Å². The molecule has 1 amide bonds. The van der Waals surface area contributed by atoms with Crippen molar-refractivity contribution in [3.63, 3.8) is 0 Å². The second-order valence-corrected chi connectivity index (χ2v) is 4.54. The average Bonchev–Trinajstić information content (AvgIpc) is 2.39. The summed E-state index contributed by atoms with van der Waals surface area (Å²) in [6, 6.07) is 13.0. The SMILES string of the molecule is COc1ccc(NC(C)=O)cc1-c1ccc(Cl)cc1. The molecule has 2 aromatic carbocycles. The van der Waals surface area contributed by atoms with Crippen molar-refractivity contribution in [3.05, 3.63) is 47.5 Å². The summed E-state index contributed by atoms with van der Waals surface area (Å²) in [5.41, 5.74) is 2.62. The van der Waals surface area contributed by atoms with E-state index >= 15 is 0 Å². The van der Waals surface area contributed by atoms with Crippen LogP contribution in [-0.2, 0) is 4.79 Å². The number of benzene rings is 2. The van der Waals surface area contributed by atoms with Crippen LogP contribution in [0.4, 0.5) is 5.69 Å². The van der Waals surface area contributed by atoms with Gasteiger partial charge >= 0.3 is 0 Å². The molecule has 0 heterocycles. The predicted molar refractivity (Wildman–Crippen MR) is 77.7 cm³/mol. The van der Waals surface area contributed by atoms with E-state index in [1.165, 1.54) is 6.92 Å². The molecule has 0 fully saturated rings. The Morgan fingerprint density at radius 1 is 1.16 bits per heavy atom. The number of anilines is 1. The molecule has 0 bridgehead atoms. The third kappa shape index (κ3) is 3.26. The van der Waals surface area contributed by atoms with Gasteiger partial charge in [-0.05, 0) is 35.9 Å². The Morgan fingerprint density at radius 2 is 1.84 bits per heavy atom. The summed E-state index contributed by atoms with van der Waals surface area (Å²) in [6.45, 7) is 1.48. The van der Waals surface area contributed by atoms with Crippen LogP contribution in [-0.4, -0.2) is 13.0 Å². The van der Waals surface area contributed by atoms with E-state index < -0.39 is 0 Å². The Balaban J connectivity index is 2.46. The minimum atomic E-state index is -0.104. The lowest BCUT2D eigenvalue weighted by molar-refractivity contribution is -0.114. The maximum Gasteiger partial charge on any atom is 0.221 e. The van der Waals surface area contributed by atoms with E-state index in [9.17, 15) is 4.79 Å². The van der Waals surface area contributed by atoms with Crippen LogP contribution in [0.15, 0.2) is 42.5 Å². The molecule has 2 rings (SSSR count). The smallest absolute Gasteiger partial charge is 0.221 e. The summed E-state index contributed by atoms with van der Waals surface area (Å²) >= 11 is 5.88. The Labute approximate surface area is 117 Å². The third-order valence-electron chi connectivity index (χ3n) is 2.68. The summed E-state index contributed by atoms with van der Waals surface area (Å²) < 4.78 is 5.34. The molecule has 0 atom stereocenters. The normalized spacial score (nSPS) is 10.1. The number of hydrogen-bond donors (Lipinski definition) is 1. The lowest BCUT2D eigenvalue weighted by Crippen LogP contribution is -2.05. The monoisotopic (exact) mass is 275 g/mol. The molecule has 98 valence electrons. The van der Waals surface area contributed by atoms with E-state index in [-0.39, 0.29) is 5.91 Å². The van der Waals surface area contributed by atoms with Crippen LogP contribution in [0, 0.1) is 0 Å². The fourth-order valence-electron chi connectivity index (χ4n) is 1.84. The van der Waals surface area contributed by atoms with Crippen molar-refractivity contribution in [2.45, 2.75) is 6.92 Å². The second-order valence-electron chi connectivity index (χ2n) is 4.10. The van der Waals surface area contributed by atoms with Gasteiger partial charge in [-0.1, -0.05) is 23.7 Å². The highest BCUT2D eigenvalue weighted by molar-refractivity contribution is 6.30. The molecule has 0 saturated heterocycles. The molecule has 0 unspecified atom stereocenters. The quantitative estimate of drug-likeness (QED) is 0.920. The molecule has 0 radical (unpaired) electrons. The highest BCUT2D eigenvalue weighted by Gasteiger charge is 2.07. The molecule has 0 saturated carbocycles. The Bertz CT molecular complexity index is 594. The number of carbonyl (C=O) groups excluding carboxylic acids is 1. The number of nitrogens with one attached hydrogen (secondary N) is 1. The van der Waals surface area contributed by atoms with Gasteiger partial charge in [-0.3, -0.25) is 4.79 Å². The van der Waals surface area contributed by atoms with Gasteiger partial charge in [0.15, 0.2) is 0 Å². The van der Waals surface area contributed by atoms with Crippen molar-refractivity contribution < 1.29 is 9.53 Å². The number of carbonyl (C=O) groups is 1. The van der Waals surface area contributed by atoms with Crippen molar-refractivity contribution in [3.8, 4) is 16.9 Å². The van der Waals surface area contributed by atoms with Crippen molar-refractivity contribution in [1.29, 1.82) is 0 Å². The van der Waals surface area contributed by atoms with Crippen LogP contribution >= 0.6 is 11.6 Å². The lowest BCUT2D eigenvalue weighted by atomic mass is 10.0. The van der Waals surface area contributed by atoms with Gasteiger partial charge in [0.2, 0.25) is 5.91 Å². The Kier molecular flexibility index (Phi) is 4.07. The van der Waals surface area contributed by atoms with Crippen LogP contribution in [0.25, 0.3) is 11.1 Å². The molecule has 3 nitrogen and oxygen atoms in total. The molecule has 4 heteroatoms. The minimum absolute atomic E-state index is 0.104. The summed E-state index contributed by atoms with van der Waals surface area (Å²) in [5, 5.41) is 3.44. The lowest BCUT2D eigenvalue weighted by Gasteiger charge is -2.11. The van der Waals surface area contributed by atoms with E-state index in [1.54, 1.807) is 13.2 Å². The standard InChI is InChI=1S/C15H14ClNO2/c1-10(18)17-13-7-8-15(19-2)14(9-13)11-3-5-12(16)6-4-11/h3-9H,1-2H3,(H,17,18). The van der Waals surface area contributed by atoms with Gasteiger partial charge < -0.3 is 10.1 Å². The molecule has 2 aromatic rings. The molecule has 0 spiro atoms. The Morgan fingerprint density at radius 3 is 2.42 bits per heavy atom. The highest BCUT2D eigenvalue weighted by Crippen LogP contribution is 2.33. The molecule has 19 heavy (non-hydrogen) atoms. The largest absolute Gasteiger partial charge is 0.496 e. The Hall–Kier alpha value is -2.00. The number of ether oxygens (including phenoxy) is 1. The van der Waals surface area contributed by atoms with Crippen molar-refractivity contribution >= 4 is 23.2 Å². The summed E-state index contributed by atoms with van der Waals surface area (Å²) in [5.74, 6) is 0.642. The first-order valence-electron chi connectivity index (χ1n) is 5.81. The van der Waals surface area contributed by atoms with Gasteiger partial charge in [-0.2, -0.15) is 0 Å². The molecule has 0 aliphatic heterocycles. The van der Waals surface area contributed by atoms with E-state index in [0.29, 0.717) is 5.02 Å². The molecule has 0 aliphatic carbocycles. The number of hydrogen-bond acceptors (Lipinski definition) is 2. The molecular formula is C15H14ClNO2. The molecular weight excluding hydrogens is 262 g/mol. The summed E-state index contributed by atoms with van der Waals surface area (Å²) in [7, 11) is 1.62. The minimum Gasteiger partial charge on any atom is -0.496 e. The summed E-state index contributed by atoms with van der Waals surface area (Å²) in [6.07, 6.45) is 0. The number of methoxy groups -OCH3 is 1. The number of halogens is 1. The fraction of sp³-hybridized carbons (Fsp3) is 0.133. The highest BCUT2D eigenvalue weighted by atomic mass is 35.5. The van der Waals surface area contributed by atoms with E-state index in [0.717, 1.165) is 22.6 Å². The van der Waals surface area contributed by atoms with Crippen LogP contribution < -0.4 is 10.1 Å². The van der Waals surface area contributed by atoms with Crippen molar-refractivity contribution in [2.75, 3.05) is 12.4 Å². The van der Waals surface area contributed by atoms with Gasteiger partial charge in [0.1, 0.15) is 5.75 Å². The van der Waals surface area contributed by atoms with E-state index in [4.69, 9.17) is 16.3 Å². The zero-order valence-corrected chi connectivity index (χ0v) is 11.5. The maximum absolute atomic E-state index is 11.1. The second kappa shape index (κ2) is 5.76. The van der Waals surface area contributed by atoms with E-state index in [2.05, 4.69) is 5.32 Å². The molecule has 1 N–H and O–H groups in total. The zero-order chi connectivity index (χ0) is 13.8. The van der Waals surface area contributed by atoms with Gasteiger partial charge in [0, 0.05) is 23.2 Å². The van der Waals surface area contributed by atoms with Gasteiger partial charge in [0.25, 0.3) is 0 Å². The predicted octanol–water partition coefficient (Wildman–Crippen LogP) is 3.97. The van der Waals surface area contributed by atoms with E-state index in [1.807, 2.05) is 36.4 Å². The number of amides is 1. The number of rotatable bonds is 3. The van der Waals surface area contributed by atoms with Gasteiger partial charge in [-0.15, -0.1) is 0 Å². The molecule has 0 aliphatic rings. The fourth-order valence-corrected chi connectivity index (χ4v) is 1.97. The zero-order valence-electron chi connectivity index (χ0n) is 10.7. The van der Waals surface area contributed by atoms with Gasteiger partial charge in [-0.25, -0.2) is 0 Å². The summed E-state index contributed by atoms with van der Waals surface area (Å²) in [4.78, 5) is 11.1. The van der Waals surface area contributed by atoms with Gasteiger partial charge in [0.05, 0.1) is 7.11 Å². The van der Waals surface area contributed by atoms with Crippen molar-refractivity contribution in [1.82, 2.24) is 0 Å². The molecule has 0 aromatic heterocycles. The maximum atomic E-state index is 11.1. The van der Waals surface area contributed by atoms with Crippen LogP contribution in [0.2, 0.25) is 5.02 Å². The topological polar surface area (TPSA) is 38.3 Å². The first-order chi connectivity index (χ1) is 9.10. The third-order valence-corrected chi connectivity index (χ3v) is 2.93. The first kappa shape index (κ1) is 13.4. The van der Waals surface area contributed by atoms with Crippen LogP contribution in [0.3, 0.4) is 0 Å². The van der Waals surface area contributed by atoms with Crippen molar-refractivity contribution in [2.24, 2.45) is 0 Å². The first-order valence-corrected chi connectivity index (χ1v) is 6.19. The average molecular weight is 276 g/mol. The van der Waals surface area contributed by atoms with Crippen LogP contribution in [0.1, 0.15) is 6.92 Å².